The van der Waals surface area contributed by atoms with Gasteiger partial charge in [0, 0.05) is 18.7 Å². The van der Waals surface area contributed by atoms with Gasteiger partial charge < -0.3 is 9.32 Å². The minimum absolute atomic E-state index is 0.00144. The van der Waals surface area contributed by atoms with Crippen molar-refractivity contribution in [2.24, 2.45) is 11.1 Å². The van der Waals surface area contributed by atoms with Crippen LogP contribution < -0.4 is 5.14 Å². The fourth-order valence-electron chi connectivity index (χ4n) is 2.03. The van der Waals surface area contributed by atoms with E-state index in [-0.39, 0.29) is 27.3 Å². The van der Waals surface area contributed by atoms with Gasteiger partial charge in [-0.25, -0.2) is 13.6 Å². The second-order valence-corrected chi connectivity index (χ2v) is 7.96. The first-order valence-electron chi connectivity index (χ1n) is 6.83. The standard InChI is InChI=1S/C13H19BrN2O4S/c1-8(2)5-6-16(9-3-4-9)13(17)10-7-11(12(14)20-10)21(15,18)19/h7-9H,3-6H2,1-2H3,(H2,15,18,19). The van der Waals surface area contributed by atoms with E-state index >= 15 is 0 Å². The van der Waals surface area contributed by atoms with Crippen molar-refractivity contribution >= 4 is 31.9 Å². The Morgan fingerprint density at radius 3 is 2.57 bits per heavy atom. The van der Waals surface area contributed by atoms with Crippen molar-refractivity contribution in [2.45, 2.75) is 44.0 Å². The van der Waals surface area contributed by atoms with Crippen LogP contribution in [-0.4, -0.2) is 31.8 Å². The third-order valence-electron chi connectivity index (χ3n) is 3.37. The lowest BCUT2D eigenvalue weighted by Crippen LogP contribution is -2.34. The number of nitrogens with zero attached hydrogens (tertiary/aromatic N) is 1. The molecule has 0 unspecified atom stereocenters. The lowest BCUT2D eigenvalue weighted by Gasteiger charge is -2.22. The molecular formula is C13H19BrN2O4S. The molecule has 1 aromatic heterocycles. The maximum Gasteiger partial charge on any atom is 0.289 e. The lowest BCUT2D eigenvalue weighted by molar-refractivity contribution is 0.0701. The Morgan fingerprint density at radius 2 is 2.14 bits per heavy atom. The van der Waals surface area contributed by atoms with Gasteiger partial charge in [0.05, 0.1) is 0 Å². The summed E-state index contributed by atoms with van der Waals surface area (Å²) >= 11 is 2.99. The zero-order valence-electron chi connectivity index (χ0n) is 12.0. The second-order valence-electron chi connectivity index (χ2n) is 5.71. The minimum Gasteiger partial charge on any atom is -0.443 e. The number of amides is 1. The van der Waals surface area contributed by atoms with Crippen LogP contribution in [0.3, 0.4) is 0 Å². The first kappa shape index (κ1) is 16.5. The number of nitrogens with two attached hydrogens (primary N) is 1. The predicted octanol–water partition coefficient (Wildman–Crippen LogP) is 2.34. The molecule has 1 saturated carbocycles. The highest BCUT2D eigenvalue weighted by Crippen LogP contribution is 2.31. The molecular weight excluding hydrogens is 360 g/mol. The maximum atomic E-state index is 12.5. The molecule has 6 nitrogen and oxygen atoms in total. The van der Waals surface area contributed by atoms with Crippen LogP contribution in [0, 0.1) is 5.92 Å². The average Bonchev–Trinajstić information content (AvgIpc) is 3.09. The zero-order chi connectivity index (χ0) is 15.8. The number of hydrogen-bond donors (Lipinski definition) is 1. The number of primary sulfonamides is 1. The van der Waals surface area contributed by atoms with Crippen molar-refractivity contribution in [3.05, 3.63) is 16.5 Å². The molecule has 0 atom stereocenters. The highest BCUT2D eigenvalue weighted by Gasteiger charge is 2.35. The second kappa shape index (κ2) is 6.10. The number of hydrogen-bond acceptors (Lipinski definition) is 4. The molecule has 0 aromatic carbocycles. The fraction of sp³-hybridized carbons (Fsp3) is 0.615. The van der Waals surface area contributed by atoms with Crippen molar-refractivity contribution in [1.82, 2.24) is 4.90 Å². The van der Waals surface area contributed by atoms with E-state index < -0.39 is 10.0 Å². The van der Waals surface area contributed by atoms with Crippen LogP contribution in [0.25, 0.3) is 0 Å². The summed E-state index contributed by atoms with van der Waals surface area (Å²) in [5.74, 6) is 0.206. The monoisotopic (exact) mass is 378 g/mol. The topological polar surface area (TPSA) is 93.6 Å². The Hall–Kier alpha value is -0.860. The summed E-state index contributed by atoms with van der Waals surface area (Å²) in [6, 6.07) is 1.42. The first-order valence-corrected chi connectivity index (χ1v) is 9.17. The lowest BCUT2D eigenvalue weighted by atomic mass is 10.1. The highest BCUT2D eigenvalue weighted by molar-refractivity contribution is 9.10. The third kappa shape index (κ3) is 4.08. The molecule has 1 fully saturated rings. The van der Waals surface area contributed by atoms with E-state index in [1.54, 1.807) is 4.90 Å². The van der Waals surface area contributed by atoms with Gasteiger partial charge in [0.25, 0.3) is 5.91 Å². The summed E-state index contributed by atoms with van der Waals surface area (Å²) in [4.78, 5) is 14.1. The van der Waals surface area contributed by atoms with Gasteiger partial charge >= 0.3 is 0 Å². The Bertz CT molecular complexity index is 635. The Kier molecular flexibility index (Phi) is 4.79. The fourth-order valence-corrected chi connectivity index (χ4v) is 3.53. The van der Waals surface area contributed by atoms with E-state index in [2.05, 4.69) is 29.8 Å². The maximum absolute atomic E-state index is 12.5. The molecule has 0 radical (unpaired) electrons. The number of halogens is 1. The van der Waals surface area contributed by atoms with Crippen molar-refractivity contribution in [2.75, 3.05) is 6.54 Å². The molecule has 2 N–H and O–H groups in total. The summed E-state index contributed by atoms with van der Waals surface area (Å²) in [5.41, 5.74) is 0. The largest absolute Gasteiger partial charge is 0.443 e. The average molecular weight is 379 g/mol. The van der Waals surface area contributed by atoms with Crippen molar-refractivity contribution in [3.63, 3.8) is 0 Å². The van der Waals surface area contributed by atoms with E-state index in [0.717, 1.165) is 19.3 Å². The molecule has 118 valence electrons. The van der Waals surface area contributed by atoms with Gasteiger partial charge in [-0.2, -0.15) is 0 Å². The minimum atomic E-state index is -3.91. The molecule has 1 aliphatic rings. The normalized spacial score (nSPS) is 15.5. The van der Waals surface area contributed by atoms with Crippen molar-refractivity contribution in [1.29, 1.82) is 0 Å². The van der Waals surface area contributed by atoms with Gasteiger partial charge in [-0.15, -0.1) is 0 Å². The molecule has 1 aliphatic carbocycles. The van der Waals surface area contributed by atoms with Gasteiger partial charge in [0.15, 0.2) is 10.4 Å². The van der Waals surface area contributed by atoms with E-state index in [1.807, 2.05) is 0 Å². The zero-order valence-corrected chi connectivity index (χ0v) is 14.4. The van der Waals surface area contributed by atoms with Gasteiger partial charge in [0.2, 0.25) is 10.0 Å². The number of carbonyl (C=O) groups is 1. The van der Waals surface area contributed by atoms with Crippen LogP contribution in [0.15, 0.2) is 20.0 Å². The first-order chi connectivity index (χ1) is 9.70. The van der Waals surface area contributed by atoms with Crippen molar-refractivity contribution in [3.8, 4) is 0 Å². The number of furan rings is 1. The Balaban J connectivity index is 2.21. The molecule has 0 aliphatic heterocycles. The van der Waals surface area contributed by atoms with Gasteiger partial charge in [-0.3, -0.25) is 4.79 Å². The van der Waals surface area contributed by atoms with Crippen LogP contribution in [0.2, 0.25) is 0 Å². The van der Waals surface area contributed by atoms with E-state index in [0.29, 0.717) is 12.5 Å². The third-order valence-corrected chi connectivity index (χ3v) is 5.14. The number of rotatable bonds is 6. The highest BCUT2D eigenvalue weighted by atomic mass is 79.9. The van der Waals surface area contributed by atoms with Gasteiger partial charge in [-0.05, 0) is 41.1 Å². The molecule has 0 bridgehead atoms. The van der Waals surface area contributed by atoms with Crippen LogP contribution in [-0.2, 0) is 10.0 Å². The summed E-state index contributed by atoms with van der Waals surface area (Å²) < 4.78 is 28.0. The SMILES string of the molecule is CC(C)CCN(C(=O)c1cc(S(N)(=O)=O)c(Br)o1)C1CC1. The summed E-state index contributed by atoms with van der Waals surface area (Å²) in [7, 11) is -3.91. The number of sulfonamides is 1. The molecule has 1 amide bonds. The van der Waals surface area contributed by atoms with Crippen LogP contribution in [0.5, 0.6) is 0 Å². The molecule has 0 saturated heterocycles. The molecule has 21 heavy (non-hydrogen) atoms. The smallest absolute Gasteiger partial charge is 0.289 e. The van der Waals surface area contributed by atoms with Gasteiger partial charge in [-0.1, -0.05) is 13.8 Å². The van der Waals surface area contributed by atoms with E-state index in [9.17, 15) is 13.2 Å². The van der Waals surface area contributed by atoms with Crippen LogP contribution in [0.1, 0.15) is 43.7 Å². The summed E-state index contributed by atoms with van der Waals surface area (Å²) in [6.45, 7) is 4.83. The Morgan fingerprint density at radius 1 is 1.52 bits per heavy atom. The number of carbonyl (C=O) groups excluding carboxylic acids is 1. The molecule has 8 heteroatoms. The van der Waals surface area contributed by atoms with E-state index in [4.69, 9.17) is 9.56 Å². The van der Waals surface area contributed by atoms with Crippen LogP contribution >= 0.6 is 15.9 Å². The van der Waals surface area contributed by atoms with Gasteiger partial charge in [0.1, 0.15) is 4.90 Å². The summed E-state index contributed by atoms with van der Waals surface area (Å²) in [6.07, 6.45) is 2.85. The van der Waals surface area contributed by atoms with Crippen LogP contribution in [0.4, 0.5) is 0 Å². The predicted molar refractivity (Wildman–Crippen MR) is 81.3 cm³/mol. The van der Waals surface area contributed by atoms with E-state index in [1.165, 1.54) is 6.07 Å². The molecule has 1 heterocycles. The Labute approximate surface area is 132 Å². The summed E-state index contributed by atoms with van der Waals surface area (Å²) in [5, 5.41) is 5.08. The van der Waals surface area contributed by atoms with Crippen molar-refractivity contribution < 1.29 is 17.6 Å². The molecule has 0 spiro atoms. The molecule has 2 rings (SSSR count). The quantitative estimate of drug-likeness (QED) is 0.821. The molecule has 1 aromatic rings.